The first-order valence-electron chi connectivity index (χ1n) is 6.41. The molecule has 0 aromatic carbocycles. The summed E-state index contributed by atoms with van der Waals surface area (Å²) in [5.41, 5.74) is 1.76. The van der Waals surface area contributed by atoms with E-state index < -0.39 is 0 Å². The van der Waals surface area contributed by atoms with Crippen LogP contribution in [-0.2, 0) is 0 Å². The van der Waals surface area contributed by atoms with E-state index in [9.17, 15) is 0 Å². The zero-order valence-electron chi connectivity index (χ0n) is 11.6. The monoisotopic (exact) mass is 285 g/mol. The maximum absolute atomic E-state index is 4.51. The molecule has 3 aromatic rings. The summed E-state index contributed by atoms with van der Waals surface area (Å²) in [5.74, 6) is 1.52. The van der Waals surface area contributed by atoms with Gasteiger partial charge in [0, 0.05) is 17.3 Å². The summed E-state index contributed by atoms with van der Waals surface area (Å²) >= 11 is 1.65. The smallest absolute Gasteiger partial charge is 0.164 e. The van der Waals surface area contributed by atoms with E-state index in [1.807, 2.05) is 26.0 Å². The van der Waals surface area contributed by atoms with Crippen molar-refractivity contribution < 1.29 is 0 Å². The fraction of sp³-hybridized carbons (Fsp3) is 0.286. The third-order valence-corrected chi connectivity index (χ3v) is 4.09. The SMILES string of the molecule is Cc1csc([C@@H](C)Nc2nc(C)nc3ncccc23)n1. The lowest BCUT2D eigenvalue weighted by Crippen LogP contribution is -2.09. The zero-order valence-corrected chi connectivity index (χ0v) is 12.4. The molecule has 102 valence electrons. The number of thiazole rings is 1. The number of hydrogen-bond acceptors (Lipinski definition) is 6. The van der Waals surface area contributed by atoms with Crippen LogP contribution in [-0.4, -0.2) is 19.9 Å². The third-order valence-electron chi connectivity index (χ3n) is 2.94. The number of fused-ring (bicyclic) bond motifs is 1. The maximum Gasteiger partial charge on any atom is 0.164 e. The van der Waals surface area contributed by atoms with Crippen LogP contribution in [0.5, 0.6) is 0 Å². The second-order valence-electron chi connectivity index (χ2n) is 4.69. The standard InChI is InChI=1S/C14H15N5S/c1-8-7-20-14(16-8)9(2)17-13-11-5-4-6-15-12(11)18-10(3)19-13/h4-7,9H,1-3H3,(H,15,17,18,19)/t9-/m1/s1. The molecule has 5 nitrogen and oxygen atoms in total. The summed E-state index contributed by atoms with van der Waals surface area (Å²) in [6.45, 7) is 5.95. The van der Waals surface area contributed by atoms with E-state index in [0.717, 1.165) is 21.9 Å². The molecule has 0 unspecified atom stereocenters. The van der Waals surface area contributed by atoms with Crippen LogP contribution in [0.3, 0.4) is 0 Å². The average molecular weight is 285 g/mol. The van der Waals surface area contributed by atoms with Gasteiger partial charge in [-0.05, 0) is 32.9 Å². The molecule has 0 fully saturated rings. The molecule has 20 heavy (non-hydrogen) atoms. The molecule has 3 heterocycles. The van der Waals surface area contributed by atoms with Crippen molar-refractivity contribution in [3.63, 3.8) is 0 Å². The molecule has 0 saturated carbocycles. The molecule has 3 rings (SSSR count). The first-order chi connectivity index (χ1) is 9.63. The number of hydrogen-bond donors (Lipinski definition) is 1. The van der Waals surface area contributed by atoms with Crippen LogP contribution in [0.1, 0.15) is 29.5 Å². The van der Waals surface area contributed by atoms with E-state index >= 15 is 0 Å². The molecule has 0 radical (unpaired) electrons. The van der Waals surface area contributed by atoms with Crippen LogP contribution in [0.2, 0.25) is 0 Å². The Morgan fingerprint density at radius 3 is 2.80 bits per heavy atom. The van der Waals surface area contributed by atoms with E-state index in [0.29, 0.717) is 11.5 Å². The van der Waals surface area contributed by atoms with E-state index in [2.05, 4.69) is 37.6 Å². The third kappa shape index (κ3) is 2.46. The van der Waals surface area contributed by atoms with Crippen molar-refractivity contribution in [2.24, 2.45) is 0 Å². The van der Waals surface area contributed by atoms with Crippen molar-refractivity contribution in [2.75, 3.05) is 5.32 Å². The number of aromatic nitrogens is 4. The molecule has 6 heteroatoms. The largest absolute Gasteiger partial charge is 0.360 e. The van der Waals surface area contributed by atoms with E-state index in [1.54, 1.807) is 17.5 Å². The molecule has 3 aromatic heterocycles. The Morgan fingerprint density at radius 2 is 2.05 bits per heavy atom. The van der Waals surface area contributed by atoms with Crippen LogP contribution < -0.4 is 5.32 Å². The Bertz CT molecular complexity index is 752. The van der Waals surface area contributed by atoms with Gasteiger partial charge >= 0.3 is 0 Å². The minimum absolute atomic E-state index is 0.103. The van der Waals surface area contributed by atoms with Gasteiger partial charge in [-0.25, -0.2) is 19.9 Å². The quantitative estimate of drug-likeness (QED) is 0.800. The van der Waals surface area contributed by atoms with Crippen molar-refractivity contribution in [1.82, 2.24) is 19.9 Å². The Kier molecular flexibility index (Phi) is 3.31. The first kappa shape index (κ1) is 12.9. The normalized spacial score (nSPS) is 12.6. The van der Waals surface area contributed by atoms with Gasteiger partial charge in [-0.15, -0.1) is 11.3 Å². The summed E-state index contributed by atoms with van der Waals surface area (Å²) in [6.07, 6.45) is 1.74. The average Bonchev–Trinajstić information content (AvgIpc) is 2.85. The van der Waals surface area contributed by atoms with Gasteiger partial charge in [-0.2, -0.15) is 0 Å². The summed E-state index contributed by atoms with van der Waals surface area (Å²) in [6, 6.07) is 3.97. The van der Waals surface area contributed by atoms with E-state index in [1.165, 1.54) is 0 Å². The van der Waals surface area contributed by atoms with Gasteiger partial charge in [0.25, 0.3) is 0 Å². The molecule has 0 aliphatic rings. The number of anilines is 1. The molecule has 1 N–H and O–H groups in total. The summed E-state index contributed by atoms with van der Waals surface area (Å²) in [7, 11) is 0. The highest BCUT2D eigenvalue weighted by molar-refractivity contribution is 7.09. The van der Waals surface area contributed by atoms with Crippen molar-refractivity contribution in [3.05, 3.63) is 40.2 Å². The number of pyridine rings is 1. The molecule has 1 atom stereocenters. The summed E-state index contributed by atoms with van der Waals surface area (Å²) in [5, 5.41) is 7.45. The van der Waals surface area contributed by atoms with Crippen LogP contribution in [0.15, 0.2) is 23.7 Å². The molecular formula is C14H15N5S. The van der Waals surface area contributed by atoms with Gasteiger partial charge in [0.15, 0.2) is 5.65 Å². The predicted molar refractivity (Wildman–Crippen MR) is 81.0 cm³/mol. The van der Waals surface area contributed by atoms with Crippen molar-refractivity contribution in [3.8, 4) is 0 Å². The highest BCUT2D eigenvalue weighted by Gasteiger charge is 2.13. The van der Waals surface area contributed by atoms with E-state index in [-0.39, 0.29) is 6.04 Å². The molecule has 0 amide bonds. The fourth-order valence-corrected chi connectivity index (χ4v) is 2.82. The highest BCUT2D eigenvalue weighted by Crippen LogP contribution is 2.25. The van der Waals surface area contributed by atoms with Gasteiger partial charge in [-0.1, -0.05) is 0 Å². The van der Waals surface area contributed by atoms with Crippen molar-refractivity contribution in [2.45, 2.75) is 26.8 Å². The summed E-state index contributed by atoms with van der Waals surface area (Å²) in [4.78, 5) is 17.6. The van der Waals surface area contributed by atoms with Gasteiger partial charge in [0.1, 0.15) is 16.6 Å². The lowest BCUT2D eigenvalue weighted by molar-refractivity contribution is 0.853. The van der Waals surface area contributed by atoms with Crippen LogP contribution in [0.25, 0.3) is 11.0 Å². The van der Waals surface area contributed by atoms with Gasteiger partial charge in [-0.3, -0.25) is 0 Å². The maximum atomic E-state index is 4.51. The Morgan fingerprint density at radius 1 is 1.20 bits per heavy atom. The van der Waals surface area contributed by atoms with Crippen LogP contribution >= 0.6 is 11.3 Å². The summed E-state index contributed by atoms with van der Waals surface area (Å²) < 4.78 is 0. The Hall–Kier alpha value is -2.08. The van der Waals surface area contributed by atoms with Gasteiger partial charge in [0.05, 0.1) is 11.4 Å². The number of aryl methyl sites for hydroxylation is 2. The molecule has 0 aliphatic carbocycles. The van der Waals surface area contributed by atoms with Crippen LogP contribution in [0, 0.1) is 13.8 Å². The second kappa shape index (κ2) is 5.13. The molecule has 0 saturated heterocycles. The van der Waals surface area contributed by atoms with Crippen molar-refractivity contribution in [1.29, 1.82) is 0 Å². The Labute approximate surface area is 121 Å². The number of rotatable bonds is 3. The van der Waals surface area contributed by atoms with Crippen LogP contribution in [0.4, 0.5) is 5.82 Å². The molecule has 0 spiro atoms. The van der Waals surface area contributed by atoms with E-state index in [4.69, 9.17) is 0 Å². The zero-order chi connectivity index (χ0) is 14.1. The lowest BCUT2D eigenvalue weighted by Gasteiger charge is -2.14. The van der Waals surface area contributed by atoms with Crippen molar-refractivity contribution >= 4 is 28.2 Å². The molecular weight excluding hydrogens is 270 g/mol. The molecule has 0 bridgehead atoms. The predicted octanol–water partition coefficient (Wildman–Crippen LogP) is 3.27. The minimum Gasteiger partial charge on any atom is -0.360 e. The second-order valence-corrected chi connectivity index (χ2v) is 5.58. The lowest BCUT2D eigenvalue weighted by atomic mass is 10.2. The number of nitrogens with one attached hydrogen (secondary N) is 1. The first-order valence-corrected chi connectivity index (χ1v) is 7.29. The number of nitrogens with zero attached hydrogens (tertiary/aromatic N) is 4. The van der Waals surface area contributed by atoms with Gasteiger partial charge in [0.2, 0.25) is 0 Å². The highest BCUT2D eigenvalue weighted by atomic mass is 32.1. The minimum atomic E-state index is 0.103. The Balaban J connectivity index is 1.98. The fourth-order valence-electron chi connectivity index (χ4n) is 2.02. The topological polar surface area (TPSA) is 63.6 Å². The molecule has 0 aliphatic heterocycles. The van der Waals surface area contributed by atoms with Gasteiger partial charge < -0.3 is 5.32 Å².